The molecule has 3 aromatic rings. The van der Waals surface area contributed by atoms with Gasteiger partial charge in [0.15, 0.2) is 0 Å². The molecule has 0 aliphatic rings. The van der Waals surface area contributed by atoms with Crippen LogP contribution in [0.1, 0.15) is 22.3 Å². The second-order valence-corrected chi connectivity index (χ2v) is 7.68. The summed E-state index contributed by atoms with van der Waals surface area (Å²) in [5.74, 6) is 6.14. The topological polar surface area (TPSA) is 46.2 Å². The molecular formula is C22H19NO2S. The quantitative estimate of drug-likeness (QED) is 0.698. The SMILES string of the molecule is Cc1ccc(C#Cc2ccccc2NS(=O)(=O)c2ccccc2C)cc1. The van der Waals surface area contributed by atoms with E-state index in [2.05, 4.69) is 16.6 Å². The summed E-state index contributed by atoms with van der Waals surface area (Å²) in [4.78, 5) is 0.265. The van der Waals surface area contributed by atoms with Gasteiger partial charge in [-0.05, 0) is 49.7 Å². The van der Waals surface area contributed by atoms with E-state index in [0.29, 0.717) is 16.8 Å². The second kappa shape index (κ2) is 7.47. The highest BCUT2D eigenvalue weighted by molar-refractivity contribution is 7.92. The summed E-state index contributed by atoms with van der Waals surface area (Å²) in [5, 5.41) is 0. The first kappa shape index (κ1) is 17.8. The Hall–Kier alpha value is -3.03. The van der Waals surface area contributed by atoms with Gasteiger partial charge in [-0.1, -0.05) is 59.9 Å². The number of sulfonamides is 1. The van der Waals surface area contributed by atoms with Crippen molar-refractivity contribution >= 4 is 15.7 Å². The Balaban J connectivity index is 1.93. The van der Waals surface area contributed by atoms with Gasteiger partial charge in [0.1, 0.15) is 0 Å². The summed E-state index contributed by atoms with van der Waals surface area (Å²) < 4.78 is 28.1. The molecule has 0 aliphatic carbocycles. The zero-order valence-corrected chi connectivity index (χ0v) is 15.5. The number of aryl methyl sites for hydroxylation is 2. The highest BCUT2D eigenvalue weighted by Gasteiger charge is 2.17. The minimum Gasteiger partial charge on any atom is -0.278 e. The van der Waals surface area contributed by atoms with Crippen molar-refractivity contribution in [2.75, 3.05) is 4.72 Å². The highest BCUT2D eigenvalue weighted by Crippen LogP contribution is 2.21. The fourth-order valence-corrected chi connectivity index (χ4v) is 3.84. The van der Waals surface area contributed by atoms with Crippen LogP contribution in [0.5, 0.6) is 0 Å². The Morgan fingerprint density at radius 2 is 1.42 bits per heavy atom. The van der Waals surface area contributed by atoms with Crippen LogP contribution < -0.4 is 4.72 Å². The summed E-state index contributed by atoms with van der Waals surface area (Å²) >= 11 is 0. The van der Waals surface area contributed by atoms with Crippen LogP contribution in [0.3, 0.4) is 0 Å². The minimum atomic E-state index is -3.67. The van der Waals surface area contributed by atoms with Crippen LogP contribution in [0.25, 0.3) is 0 Å². The van der Waals surface area contributed by atoms with Crippen LogP contribution in [0.4, 0.5) is 5.69 Å². The Kier molecular flexibility index (Phi) is 5.11. The third-order valence-corrected chi connectivity index (χ3v) is 5.47. The summed E-state index contributed by atoms with van der Waals surface area (Å²) in [6.45, 7) is 3.80. The summed E-state index contributed by atoms with van der Waals surface area (Å²) in [5.41, 5.74) is 3.85. The van der Waals surface area contributed by atoms with Crippen LogP contribution in [-0.4, -0.2) is 8.42 Å². The molecule has 0 saturated heterocycles. The molecule has 3 rings (SSSR count). The molecule has 0 atom stereocenters. The molecule has 4 heteroatoms. The second-order valence-electron chi connectivity index (χ2n) is 6.03. The smallest absolute Gasteiger partial charge is 0.262 e. The highest BCUT2D eigenvalue weighted by atomic mass is 32.2. The van der Waals surface area contributed by atoms with Gasteiger partial charge in [-0.3, -0.25) is 4.72 Å². The molecule has 0 unspecified atom stereocenters. The van der Waals surface area contributed by atoms with E-state index in [1.54, 1.807) is 43.3 Å². The first-order valence-electron chi connectivity index (χ1n) is 8.22. The molecule has 0 aliphatic heterocycles. The molecule has 3 aromatic carbocycles. The van der Waals surface area contributed by atoms with Gasteiger partial charge in [0.05, 0.1) is 10.6 Å². The van der Waals surface area contributed by atoms with Crippen LogP contribution in [0.2, 0.25) is 0 Å². The monoisotopic (exact) mass is 361 g/mol. The number of hydrogen-bond donors (Lipinski definition) is 1. The largest absolute Gasteiger partial charge is 0.278 e. The van der Waals surface area contributed by atoms with Gasteiger partial charge >= 0.3 is 0 Å². The molecule has 0 amide bonds. The Bertz CT molecular complexity index is 1090. The molecule has 0 fully saturated rings. The van der Waals surface area contributed by atoms with Gasteiger partial charge in [0, 0.05) is 11.1 Å². The first-order valence-corrected chi connectivity index (χ1v) is 9.70. The lowest BCUT2D eigenvalue weighted by molar-refractivity contribution is 0.600. The number of nitrogens with one attached hydrogen (secondary N) is 1. The molecule has 0 spiro atoms. The summed E-state index contributed by atoms with van der Waals surface area (Å²) in [6.07, 6.45) is 0. The van der Waals surface area contributed by atoms with E-state index in [9.17, 15) is 8.42 Å². The maximum atomic E-state index is 12.7. The molecule has 0 saturated carbocycles. The predicted molar refractivity (Wildman–Crippen MR) is 106 cm³/mol. The number of benzene rings is 3. The lowest BCUT2D eigenvalue weighted by Crippen LogP contribution is -2.15. The predicted octanol–water partition coefficient (Wildman–Crippen LogP) is 4.50. The fraction of sp³-hybridized carbons (Fsp3) is 0.0909. The summed E-state index contributed by atoms with van der Waals surface area (Å²) in [7, 11) is -3.67. The average Bonchev–Trinajstić information content (AvgIpc) is 2.62. The van der Waals surface area contributed by atoms with Crippen LogP contribution in [0.15, 0.2) is 77.7 Å². The number of rotatable bonds is 3. The molecular weight excluding hydrogens is 342 g/mol. The molecule has 0 aromatic heterocycles. The van der Waals surface area contributed by atoms with Crippen molar-refractivity contribution in [2.24, 2.45) is 0 Å². The van der Waals surface area contributed by atoms with Crippen LogP contribution in [-0.2, 0) is 10.0 Å². The van der Waals surface area contributed by atoms with Gasteiger partial charge in [-0.25, -0.2) is 8.42 Å². The van der Waals surface area contributed by atoms with Crippen molar-refractivity contribution in [3.63, 3.8) is 0 Å². The van der Waals surface area contributed by atoms with E-state index < -0.39 is 10.0 Å². The van der Waals surface area contributed by atoms with Crippen LogP contribution in [0, 0.1) is 25.7 Å². The molecule has 0 heterocycles. The van der Waals surface area contributed by atoms with Crippen molar-refractivity contribution in [3.05, 3.63) is 95.1 Å². The van der Waals surface area contributed by atoms with Gasteiger partial charge in [-0.2, -0.15) is 0 Å². The molecule has 1 N–H and O–H groups in total. The Labute approximate surface area is 154 Å². The molecule has 0 bridgehead atoms. The average molecular weight is 361 g/mol. The third-order valence-electron chi connectivity index (χ3n) is 3.95. The van der Waals surface area contributed by atoms with Gasteiger partial charge in [0.25, 0.3) is 10.0 Å². The van der Waals surface area contributed by atoms with Gasteiger partial charge < -0.3 is 0 Å². The van der Waals surface area contributed by atoms with Gasteiger partial charge in [0.2, 0.25) is 0 Å². The molecule has 0 radical (unpaired) electrons. The number of anilines is 1. The maximum Gasteiger partial charge on any atom is 0.262 e. The lowest BCUT2D eigenvalue weighted by atomic mass is 10.1. The minimum absolute atomic E-state index is 0.265. The number of para-hydroxylation sites is 1. The van der Waals surface area contributed by atoms with E-state index in [0.717, 1.165) is 5.56 Å². The van der Waals surface area contributed by atoms with Crippen molar-refractivity contribution < 1.29 is 8.42 Å². The molecule has 130 valence electrons. The van der Waals surface area contributed by atoms with Crippen molar-refractivity contribution in [2.45, 2.75) is 18.7 Å². The van der Waals surface area contributed by atoms with Gasteiger partial charge in [-0.15, -0.1) is 0 Å². The van der Waals surface area contributed by atoms with Crippen molar-refractivity contribution in [1.29, 1.82) is 0 Å². The normalized spacial score (nSPS) is 10.7. The van der Waals surface area contributed by atoms with E-state index >= 15 is 0 Å². The fourth-order valence-electron chi connectivity index (χ4n) is 2.52. The Morgan fingerprint density at radius 1 is 0.769 bits per heavy atom. The molecule has 3 nitrogen and oxygen atoms in total. The number of hydrogen-bond acceptors (Lipinski definition) is 2. The zero-order chi connectivity index (χ0) is 18.6. The summed E-state index contributed by atoms with van der Waals surface area (Å²) in [6, 6.07) is 21.9. The van der Waals surface area contributed by atoms with E-state index in [1.807, 2.05) is 43.3 Å². The van der Waals surface area contributed by atoms with E-state index in [1.165, 1.54) is 5.56 Å². The Morgan fingerprint density at radius 3 is 2.15 bits per heavy atom. The van der Waals surface area contributed by atoms with E-state index in [-0.39, 0.29) is 4.90 Å². The van der Waals surface area contributed by atoms with E-state index in [4.69, 9.17) is 0 Å². The maximum absolute atomic E-state index is 12.7. The molecule has 26 heavy (non-hydrogen) atoms. The third kappa shape index (κ3) is 4.14. The van der Waals surface area contributed by atoms with Crippen molar-refractivity contribution in [1.82, 2.24) is 0 Å². The van der Waals surface area contributed by atoms with Crippen LogP contribution >= 0.6 is 0 Å². The lowest BCUT2D eigenvalue weighted by Gasteiger charge is -2.11. The first-order chi connectivity index (χ1) is 12.5. The standard InChI is InChI=1S/C22H19NO2S/c1-17-11-13-19(14-12-17)15-16-20-8-4-5-9-21(20)23-26(24,25)22-10-6-3-7-18(22)2/h3-14,23H,1-2H3. The zero-order valence-electron chi connectivity index (χ0n) is 14.7. The van der Waals surface area contributed by atoms with Crippen molar-refractivity contribution in [3.8, 4) is 11.8 Å².